The van der Waals surface area contributed by atoms with Crippen LogP contribution in [0.4, 0.5) is 0 Å². The van der Waals surface area contributed by atoms with Crippen LogP contribution in [0.3, 0.4) is 0 Å². The molecule has 2 aromatic carbocycles. The van der Waals surface area contributed by atoms with Crippen molar-refractivity contribution in [3.63, 3.8) is 0 Å². The highest BCUT2D eigenvalue weighted by molar-refractivity contribution is 6.05. The third kappa shape index (κ3) is 1.24. The van der Waals surface area contributed by atoms with Crippen molar-refractivity contribution in [2.24, 2.45) is 0 Å². The Hall–Kier alpha value is -2.33. The lowest BCUT2D eigenvalue weighted by atomic mass is 9.76. The van der Waals surface area contributed by atoms with Crippen LogP contribution in [0.2, 0.25) is 0 Å². The van der Waals surface area contributed by atoms with Crippen molar-refractivity contribution >= 4 is 0 Å². The summed E-state index contributed by atoms with van der Waals surface area (Å²) in [6.07, 6.45) is 2.59. The number of hydrogen-bond acceptors (Lipinski definition) is 1. The minimum atomic E-state index is 0.748. The third-order valence-corrected chi connectivity index (χ3v) is 3.25. The largest absolute Gasteiger partial charge is 0.192 e. The fourth-order valence-corrected chi connectivity index (χ4v) is 2.48. The molecule has 0 spiro atoms. The van der Waals surface area contributed by atoms with Gasteiger partial charge < -0.3 is 0 Å². The second kappa shape index (κ2) is 3.61. The molecule has 0 atom stereocenters. The summed E-state index contributed by atoms with van der Waals surface area (Å²) in [5.41, 5.74) is 6.64. The van der Waals surface area contributed by atoms with Crippen molar-refractivity contribution in [2.45, 2.75) is 6.42 Å². The Balaban J connectivity index is 2.25. The van der Waals surface area contributed by atoms with Gasteiger partial charge in [-0.1, -0.05) is 42.5 Å². The maximum atomic E-state index is 9.33. The van der Waals surface area contributed by atoms with Gasteiger partial charge in [0.05, 0.1) is 5.56 Å². The first kappa shape index (κ1) is 9.86. The molecule has 0 aliphatic heterocycles. The topological polar surface area (TPSA) is 23.8 Å². The van der Waals surface area contributed by atoms with E-state index in [0.29, 0.717) is 0 Å². The Morgan fingerprint density at radius 3 is 2.53 bits per heavy atom. The van der Waals surface area contributed by atoms with Gasteiger partial charge in [-0.2, -0.15) is 5.26 Å². The van der Waals surface area contributed by atoms with E-state index in [1.165, 1.54) is 16.7 Å². The molecule has 0 saturated carbocycles. The SMILES string of the molecule is C=CCc1ccc2c(c1C#N)-c1ccccc1-2. The van der Waals surface area contributed by atoms with Crippen LogP contribution in [0.15, 0.2) is 49.1 Å². The molecule has 1 heteroatoms. The standard InChI is InChI=1S/C16H11N/c1-2-5-11-8-9-14-12-6-3-4-7-13(12)16(14)15(11)10-17/h2-4,6-9H,1,5H2. The second-order valence-corrected chi connectivity index (χ2v) is 4.17. The van der Waals surface area contributed by atoms with Gasteiger partial charge in [-0.25, -0.2) is 0 Å². The molecule has 1 aliphatic rings. The van der Waals surface area contributed by atoms with Crippen LogP contribution < -0.4 is 0 Å². The van der Waals surface area contributed by atoms with Crippen molar-refractivity contribution in [1.82, 2.24) is 0 Å². The maximum absolute atomic E-state index is 9.33. The van der Waals surface area contributed by atoms with Crippen LogP contribution >= 0.6 is 0 Å². The van der Waals surface area contributed by atoms with E-state index < -0.39 is 0 Å². The lowest BCUT2D eigenvalue weighted by Gasteiger charge is -2.26. The van der Waals surface area contributed by atoms with E-state index in [-0.39, 0.29) is 0 Å². The number of hydrogen-bond donors (Lipinski definition) is 0. The van der Waals surface area contributed by atoms with Crippen molar-refractivity contribution in [2.75, 3.05) is 0 Å². The van der Waals surface area contributed by atoms with E-state index >= 15 is 0 Å². The lowest BCUT2D eigenvalue weighted by molar-refractivity contribution is 1.24. The molecule has 17 heavy (non-hydrogen) atoms. The highest BCUT2D eigenvalue weighted by atomic mass is 14.3. The zero-order chi connectivity index (χ0) is 11.8. The first-order valence-electron chi connectivity index (χ1n) is 5.63. The molecule has 2 aromatic rings. The molecule has 0 unspecified atom stereocenters. The molecule has 0 N–H and O–H groups in total. The van der Waals surface area contributed by atoms with E-state index in [2.05, 4.69) is 30.8 Å². The number of fused-ring (bicyclic) bond motifs is 4. The van der Waals surface area contributed by atoms with Gasteiger partial charge in [-0.3, -0.25) is 0 Å². The molecule has 0 fully saturated rings. The van der Waals surface area contributed by atoms with Gasteiger partial charge >= 0.3 is 0 Å². The number of nitrogens with zero attached hydrogens (tertiary/aromatic N) is 1. The molecule has 0 saturated heterocycles. The van der Waals surface area contributed by atoms with Gasteiger partial charge in [0.25, 0.3) is 0 Å². The molecule has 0 heterocycles. The van der Waals surface area contributed by atoms with E-state index in [4.69, 9.17) is 0 Å². The molecular weight excluding hydrogens is 206 g/mol. The predicted molar refractivity (Wildman–Crippen MR) is 69.5 cm³/mol. The van der Waals surface area contributed by atoms with Gasteiger partial charge in [0.15, 0.2) is 0 Å². The van der Waals surface area contributed by atoms with E-state index in [1.54, 1.807) is 0 Å². The Morgan fingerprint density at radius 1 is 1.06 bits per heavy atom. The zero-order valence-electron chi connectivity index (χ0n) is 9.40. The first-order valence-corrected chi connectivity index (χ1v) is 5.63. The summed E-state index contributed by atoms with van der Waals surface area (Å²) in [6.45, 7) is 3.74. The molecule has 0 bridgehead atoms. The molecule has 3 rings (SSSR count). The fourth-order valence-electron chi connectivity index (χ4n) is 2.48. The summed E-state index contributed by atoms with van der Waals surface area (Å²) >= 11 is 0. The second-order valence-electron chi connectivity index (χ2n) is 4.17. The van der Waals surface area contributed by atoms with Crippen molar-refractivity contribution < 1.29 is 0 Å². The monoisotopic (exact) mass is 217 g/mol. The molecule has 80 valence electrons. The van der Waals surface area contributed by atoms with Gasteiger partial charge in [-0.05, 0) is 28.7 Å². The van der Waals surface area contributed by atoms with Crippen LogP contribution in [0.1, 0.15) is 11.1 Å². The Kier molecular flexibility index (Phi) is 2.09. The van der Waals surface area contributed by atoms with Crippen molar-refractivity contribution in [1.29, 1.82) is 5.26 Å². The molecule has 0 radical (unpaired) electrons. The molecular formula is C16H11N. The van der Waals surface area contributed by atoms with Crippen LogP contribution in [-0.4, -0.2) is 0 Å². The molecule has 1 aliphatic carbocycles. The third-order valence-electron chi connectivity index (χ3n) is 3.25. The Bertz CT molecular complexity index is 660. The zero-order valence-corrected chi connectivity index (χ0v) is 9.40. The minimum absolute atomic E-state index is 0.748. The van der Waals surface area contributed by atoms with Crippen LogP contribution in [0.5, 0.6) is 0 Å². The maximum Gasteiger partial charge on any atom is 0.100 e. The lowest BCUT2D eigenvalue weighted by Crippen LogP contribution is -2.03. The highest BCUT2D eigenvalue weighted by Gasteiger charge is 2.25. The van der Waals surface area contributed by atoms with E-state index in [1.807, 2.05) is 24.3 Å². The Labute approximate surface area is 101 Å². The molecule has 0 aromatic heterocycles. The van der Waals surface area contributed by atoms with Gasteiger partial charge in [-0.15, -0.1) is 6.58 Å². The first-order chi connectivity index (χ1) is 8.36. The van der Waals surface area contributed by atoms with Gasteiger partial charge in [0.2, 0.25) is 0 Å². The minimum Gasteiger partial charge on any atom is -0.192 e. The smallest absolute Gasteiger partial charge is 0.100 e. The van der Waals surface area contributed by atoms with Crippen LogP contribution in [-0.2, 0) is 6.42 Å². The number of benzene rings is 2. The molecule has 1 nitrogen and oxygen atoms in total. The summed E-state index contributed by atoms with van der Waals surface area (Å²) < 4.78 is 0. The molecule has 0 amide bonds. The summed E-state index contributed by atoms with van der Waals surface area (Å²) in [5, 5.41) is 9.33. The number of nitriles is 1. The van der Waals surface area contributed by atoms with E-state index in [0.717, 1.165) is 23.1 Å². The summed E-state index contributed by atoms with van der Waals surface area (Å²) in [5.74, 6) is 0. The summed E-state index contributed by atoms with van der Waals surface area (Å²) in [7, 11) is 0. The van der Waals surface area contributed by atoms with Gasteiger partial charge in [0, 0.05) is 5.56 Å². The Morgan fingerprint density at radius 2 is 1.82 bits per heavy atom. The number of allylic oxidation sites excluding steroid dienone is 1. The summed E-state index contributed by atoms with van der Waals surface area (Å²) in [6, 6.07) is 14.7. The van der Waals surface area contributed by atoms with Gasteiger partial charge in [0.1, 0.15) is 6.07 Å². The average molecular weight is 217 g/mol. The van der Waals surface area contributed by atoms with Crippen molar-refractivity contribution in [3.05, 3.63) is 60.2 Å². The number of rotatable bonds is 2. The fraction of sp³-hybridized carbons (Fsp3) is 0.0625. The van der Waals surface area contributed by atoms with Crippen LogP contribution in [0.25, 0.3) is 22.3 Å². The normalized spacial score (nSPS) is 10.8. The predicted octanol–water partition coefficient (Wildman–Crippen LogP) is 3.93. The highest BCUT2D eigenvalue weighted by Crippen LogP contribution is 2.49. The van der Waals surface area contributed by atoms with Crippen molar-refractivity contribution in [3.8, 4) is 28.3 Å². The quantitative estimate of drug-likeness (QED) is 0.596. The average Bonchev–Trinajstić information content (AvgIpc) is 2.36. The summed E-state index contributed by atoms with van der Waals surface area (Å²) in [4.78, 5) is 0. The van der Waals surface area contributed by atoms with Crippen LogP contribution in [0, 0.1) is 11.3 Å². The van der Waals surface area contributed by atoms with E-state index in [9.17, 15) is 5.26 Å².